The lowest BCUT2D eigenvalue weighted by molar-refractivity contribution is -0.0499. The van der Waals surface area contributed by atoms with Crippen molar-refractivity contribution in [2.45, 2.75) is 43.9 Å². The zero-order valence-electron chi connectivity index (χ0n) is 16.8. The van der Waals surface area contributed by atoms with E-state index < -0.39 is 21.4 Å². The van der Waals surface area contributed by atoms with Crippen LogP contribution < -0.4 is 9.50 Å². The Morgan fingerprint density at radius 2 is 1.88 bits per heavy atom. The largest absolute Gasteiger partial charge is 0.534 e. The molecule has 0 spiro atoms. The molecule has 0 aliphatic heterocycles. The Morgan fingerprint density at radius 1 is 1.19 bits per heavy atom. The van der Waals surface area contributed by atoms with Crippen molar-refractivity contribution in [3.05, 3.63) is 30.4 Å². The van der Waals surface area contributed by atoms with Gasteiger partial charge in [-0.25, -0.2) is 15.0 Å². The number of benzene rings is 1. The van der Waals surface area contributed by atoms with E-state index in [1.54, 1.807) is 13.1 Å². The molecule has 0 bridgehead atoms. The summed E-state index contributed by atoms with van der Waals surface area (Å²) in [7, 11) is -4.31. The Kier molecular flexibility index (Phi) is 6.23. The molecule has 0 saturated heterocycles. The van der Waals surface area contributed by atoms with Crippen LogP contribution in [0, 0.1) is 0 Å². The molecule has 1 fully saturated rings. The topological polar surface area (TPSA) is 103 Å². The zero-order valence-corrected chi connectivity index (χ0v) is 18.5. The molecular weight excluding hydrogens is 469 g/mol. The van der Waals surface area contributed by atoms with Crippen LogP contribution in [0.15, 0.2) is 24.5 Å². The van der Waals surface area contributed by atoms with E-state index in [-0.39, 0.29) is 28.5 Å². The summed E-state index contributed by atoms with van der Waals surface area (Å²) in [5.74, 6) is -0.0558. The standard InChI is InChI=1S/C19H19F3N4O4S2/c1-23-18-26-14-7-6-13(16(17(14)31-18)30-32(27,28)19(20,21)22)11-8-24-15(25-9-11)10-29-12-4-2-3-5-12/h6-9,12H,2-5,10H2,1H3,(H,23,26). The van der Waals surface area contributed by atoms with Crippen molar-refractivity contribution >= 4 is 36.8 Å². The van der Waals surface area contributed by atoms with Gasteiger partial charge in [0.05, 0.1) is 11.6 Å². The first-order valence-corrected chi connectivity index (χ1v) is 12.0. The lowest BCUT2D eigenvalue weighted by Crippen LogP contribution is -2.28. The van der Waals surface area contributed by atoms with Crippen LogP contribution in [-0.4, -0.2) is 42.0 Å². The van der Waals surface area contributed by atoms with E-state index in [0.717, 1.165) is 37.0 Å². The minimum atomic E-state index is -5.90. The third kappa shape index (κ3) is 4.64. The highest BCUT2D eigenvalue weighted by atomic mass is 32.2. The number of nitrogens with one attached hydrogen (secondary N) is 1. The Balaban J connectivity index is 1.69. The third-order valence-electron chi connectivity index (χ3n) is 4.97. The maximum Gasteiger partial charge on any atom is 0.534 e. The van der Waals surface area contributed by atoms with Crippen LogP contribution in [-0.2, 0) is 21.5 Å². The van der Waals surface area contributed by atoms with Gasteiger partial charge < -0.3 is 14.2 Å². The SMILES string of the molecule is CNc1nc2ccc(-c3cnc(COC4CCCC4)nc3)c(OS(=O)(=O)C(F)(F)F)c2s1. The first-order valence-electron chi connectivity index (χ1n) is 9.73. The fourth-order valence-corrected chi connectivity index (χ4v) is 4.80. The molecule has 2 heterocycles. The Labute approximate surface area is 185 Å². The number of nitrogens with zero attached hydrogens (tertiary/aromatic N) is 3. The molecule has 0 atom stereocenters. The summed E-state index contributed by atoms with van der Waals surface area (Å²) in [6, 6.07) is 2.99. The molecule has 3 aromatic rings. The van der Waals surface area contributed by atoms with Gasteiger partial charge >= 0.3 is 15.6 Å². The number of hydrogen-bond acceptors (Lipinski definition) is 9. The molecule has 1 aliphatic carbocycles. The van der Waals surface area contributed by atoms with E-state index >= 15 is 0 Å². The average Bonchev–Trinajstić information content (AvgIpc) is 3.41. The molecule has 1 N–H and O–H groups in total. The van der Waals surface area contributed by atoms with Gasteiger partial charge in [0.15, 0.2) is 16.7 Å². The van der Waals surface area contributed by atoms with Crippen molar-refractivity contribution in [3.63, 3.8) is 0 Å². The lowest BCUT2D eigenvalue weighted by atomic mass is 10.1. The number of ether oxygens (including phenoxy) is 1. The number of anilines is 1. The van der Waals surface area contributed by atoms with E-state index in [1.165, 1.54) is 18.5 Å². The number of halogens is 3. The smallest absolute Gasteiger partial charge is 0.374 e. The predicted molar refractivity (Wildman–Crippen MR) is 113 cm³/mol. The molecule has 4 rings (SSSR count). The fraction of sp³-hybridized carbons (Fsp3) is 0.421. The van der Waals surface area contributed by atoms with Crippen LogP contribution in [0.25, 0.3) is 21.3 Å². The monoisotopic (exact) mass is 488 g/mol. The van der Waals surface area contributed by atoms with Crippen molar-refractivity contribution in [3.8, 4) is 16.9 Å². The Hall–Kier alpha value is -2.51. The van der Waals surface area contributed by atoms with Crippen LogP contribution in [0.1, 0.15) is 31.5 Å². The first-order chi connectivity index (χ1) is 15.2. The highest BCUT2D eigenvalue weighted by Crippen LogP contribution is 2.43. The highest BCUT2D eigenvalue weighted by Gasteiger charge is 2.49. The second-order valence-electron chi connectivity index (χ2n) is 7.15. The maximum atomic E-state index is 13.0. The van der Waals surface area contributed by atoms with E-state index in [9.17, 15) is 21.6 Å². The van der Waals surface area contributed by atoms with Gasteiger partial charge in [-0.1, -0.05) is 24.2 Å². The molecule has 1 aliphatic rings. The summed E-state index contributed by atoms with van der Waals surface area (Å²) in [5, 5.41) is 3.17. The molecule has 1 saturated carbocycles. The van der Waals surface area contributed by atoms with Crippen LogP contribution in [0.5, 0.6) is 5.75 Å². The maximum absolute atomic E-state index is 13.0. The summed E-state index contributed by atoms with van der Waals surface area (Å²) >= 11 is 0.970. The Bertz CT molecular complexity index is 1210. The zero-order chi connectivity index (χ0) is 22.9. The van der Waals surface area contributed by atoms with Crippen LogP contribution in [0.4, 0.5) is 18.3 Å². The first kappa shape index (κ1) is 22.7. The molecule has 13 heteroatoms. The van der Waals surface area contributed by atoms with Gasteiger partial charge in [-0.05, 0) is 25.0 Å². The second-order valence-corrected chi connectivity index (χ2v) is 9.69. The predicted octanol–water partition coefficient (Wildman–Crippen LogP) is 4.48. The van der Waals surface area contributed by atoms with Crippen molar-refractivity contribution in [1.82, 2.24) is 15.0 Å². The van der Waals surface area contributed by atoms with Crippen molar-refractivity contribution < 1.29 is 30.5 Å². The number of aromatic nitrogens is 3. The van der Waals surface area contributed by atoms with E-state index in [0.29, 0.717) is 16.5 Å². The molecule has 0 radical (unpaired) electrons. The van der Waals surface area contributed by atoms with E-state index in [2.05, 4.69) is 24.5 Å². The molecular formula is C19H19F3N4O4S2. The van der Waals surface area contributed by atoms with Crippen LogP contribution in [0.2, 0.25) is 0 Å². The van der Waals surface area contributed by atoms with Gasteiger partial charge in [0.1, 0.15) is 11.3 Å². The average molecular weight is 489 g/mol. The minimum absolute atomic E-state index is 0.0971. The van der Waals surface area contributed by atoms with Crippen LogP contribution in [0.3, 0.4) is 0 Å². The van der Waals surface area contributed by atoms with Gasteiger partial charge in [-0.2, -0.15) is 21.6 Å². The number of rotatable bonds is 7. The van der Waals surface area contributed by atoms with Gasteiger partial charge in [0, 0.05) is 30.6 Å². The molecule has 8 nitrogen and oxygen atoms in total. The van der Waals surface area contributed by atoms with Crippen LogP contribution >= 0.6 is 11.3 Å². The highest BCUT2D eigenvalue weighted by molar-refractivity contribution is 7.88. The second kappa shape index (κ2) is 8.79. The molecule has 32 heavy (non-hydrogen) atoms. The summed E-state index contributed by atoms with van der Waals surface area (Å²) in [6.45, 7) is 0.218. The van der Waals surface area contributed by atoms with Gasteiger partial charge in [-0.15, -0.1) is 0 Å². The quantitative estimate of drug-likeness (QED) is 0.384. The Morgan fingerprint density at radius 3 is 2.50 bits per heavy atom. The van der Waals surface area contributed by atoms with Crippen molar-refractivity contribution in [2.75, 3.05) is 12.4 Å². The van der Waals surface area contributed by atoms with Crippen molar-refractivity contribution in [1.29, 1.82) is 0 Å². The third-order valence-corrected chi connectivity index (χ3v) is 7.01. The molecule has 2 aromatic heterocycles. The number of fused-ring (bicyclic) bond motifs is 1. The van der Waals surface area contributed by atoms with Gasteiger partial charge in [0.25, 0.3) is 0 Å². The number of alkyl halides is 3. The van der Waals surface area contributed by atoms with Gasteiger partial charge in [0.2, 0.25) is 0 Å². The normalized spacial score (nSPS) is 15.4. The number of hydrogen-bond donors (Lipinski definition) is 1. The van der Waals surface area contributed by atoms with Crippen molar-refractivity contribution in [2.24, 2.45) is 0 Å². The molecule has 0 unspecified atom stereocenters. The number of thiazole rings is 1. The molecule has 1 aromatic carbocycles. The summed E-state index contributed by atoms with van der Waals surface area (Å²) < 4.78 is 73.1. The molecule has 0 amide bonds. The van der Waals surface area contributed by atoms with Gasteiger partial charge in [-0.3, -0.25) is 0 Å². The minimum Gasteiger partial charge on any atom is -0.374 e. The lowest BCUT2D eigenvalue weighted by Gasteiger charge is -2.14. The van der Waals surface area contributed by atoms with E-state index in [1.807, 2.05) is 0 Å². The molecule has 172 valence electrons. The summed E-state index contributed by atoms with van der Waals surface area (Å²) in [6.07, 6.45) is 7.22. The fourth-order valence-electron chi connectivity index (χ4n) is 3.36. The van der Waals surface area contributed by atoms with E-state index in [4.69, 9.17) is 4.74 Å². The summed E-state index contributed by atoms with van der Waals surface area (Å²) in [4.78, 5) is 12.6. The summed E-state index contributed by atoms with van der Waals surface area (Å²) in [5.41, 5.74) is -4.90.